The van der Waals surface area contributed by atoms with Gasteiger partial charge in [-0.1, -0.05) is 43.3 Å². The lowest BCUT2D eigenvalue weighted by Crippen LogP contribution is -2.31. The zero-order valence-corrected chi connectivity index (χ0v) is 12.5. The molecule has 2 heteroatoms. The normalized spacial score (nSPS) is 12.3. The predicted molar refractivity (Wildman–Crippen MR) is 84.9 cm³/mol. The summed E-state index contributed by atoms with van der Waals surface area (Å²) in [5.74, 6) is 0. The first-order valence-corrected chi connectivity index (χ1v) is 7.46. The maximum Gasteiger partial charge on any atom is 0.0419 e. The number of hydrogen-bond acceptors (Lipinski definition) is 2. The number of benzene rings is 1. The molecule has 0 amide bonds. The third kappa shape index (κ3) is 4.78. The zero-order valence-electron chi connectivity index (χ0n) is 12.5. The van der Waals surface area contributed by atoms with Crippen LogP contribution in [0.1, 0.15) is 30.2 Å². The van der Waals surface area contributed by atoms with E-state index in [0.29, 0.717) is 6.04 Å². The van der Waals surface area contributed by atoms with Gasteiger partial charge in [0.15, 0.2) is 0 Å². The highest BCUT2D eigenvalue weighted by molar-refractivity contribution is 5.16. The summed E-state index contributed by atoms with van der Waals surface area (Å²) in [4.78, 5) is 4.52. The highest BCUT2D eigenvalue weighted by atomic mass is 14.9. The Morgan fingerprint density at radius 2 is 1.90 bits per heavy atom. The van der Waals surface area contributed by atoms with E-state index in [1.807, 2.05) is 6.20 Å². The van der Waals surface area contributed by atoms with E-state index < -0.39 is 0 Å². The summed E-state index contributed by atoms with van der Waals surface area (Å²) in [6, 6.07) is 15.5. The minimum Gasteiger partial charge on any atom is -0.314 e. The second-order valence-electron chi connectivity index (χ2n) is 5.31. The molecule has 1 aromatic heterocycles. The summed E-state index contributed by atoms with van der Waals surface area (Å²) in [7, 11) is 0. The van der Waals surface area contributed by atoms with Crippen LogP contribution in [0.5, 0.6) is 0 Å². The van der Waals surface area contributed by atoms with Gasteiger partial charge < -0.3 is 5.32 Å². The lowest BCUT2D eigenvalue weighted by molar-refractivity contribution is 0.487. The van der Waals surface area contributed by atoms with Crippen LogP contribution in [-0.4, -0.2) is 17.6 Å². The van der Waals surface area contributed by atoms with E-state index in [1.165, 1.54) is 16.8 Å². The molecule has 2 nitrogen and oxygen atoms in total. The summed E-state index contributed by atoms with van der Waals surface area (Å²) in [5.41, 5.74) is 3.81. The van der Waals surface area contributed by atoms with Crippen molar-refractivity contribution in [1.82, 2.24) is 10.3 Å². The Labute approximate surface area is 122 Å². The van der Waals surface area contributed by atoms with Gasteiger partial charge in [-0.2, -0.15) is 0 Å². The van der Waals surface area contributed by atoms with Crippen molar-refractivity contribution in [3.05, 3.63) is 65.5 Å². The molecule has 1 aromatic carbocycles. The monoisotopic (exact) mass is 268 g/mol. The minimum atomic E-state index is 0.496. The van der Waals surface area contributed by atoms with Gasteiger partial charge in [0.1, 0.15) is 0 Å². The molecule has 0 spiro atoms. The number of aromatic nitrogens is 1. The van der Waals surface area contributed by atoms with Crippen LogP contribution in [0.2, 0.25) is 0 Å². The topological polar surface area (TPSA) is 24.9 Å². The van der Waals surface area contributed by atoms with Crippen LogP contribution >= 0.6 is 0 Å². The number of aryl methyl sites for hydroxylation is 2. The summed E-state index contributed by atoms with van der Waals surface area (Å²) < 4.78 is 0. The van der Waals surface area contributed by atoms with Gasteiger partial charge in [0, 0.05) is 24.4 Å². The van der Waals surface area contributed by atoms with E-state index in [0.717, 1.165) is 25.8 Å². The molecule has 20 heavy (non-hydrogen) atoms. The summed E-state index contributed by atoms with van der Waals surface area (Å²) in [6.45, 7) is 5.25. The third-order valence-electron chi connectivity index (χ3n) is 3.55. The first kappa shape index (κ1) is 14.7. The van der Waals surface area contributed by atoms with Crippen molar-refractivity contribution in [2.24, 2.45) is 0 Å². The fraction of sp³-hybridized carbons (Fsp3) is 0.389. The van der Waals surface area contributed by atoms with Gasteiger partial charge in [0.05, 0.1) is 0 Å². The zero-order chi connectivity index (χ0) is 14.2. The molecule has 1 unspecified atom stereocenters. The van der Waals surface area contributed by atoms with E-state index >= 15 is 0 Å². The van der Waals surface area contributed by atoms with E-state index in [-0.39, 0.29) is 0 Å². The molecule has 0 aliphatic rings. The predicted octanol–water partition coefficient (Wildman–Crippen LogP) is 3.54. The molecule has 0 saturated heterocycles. The van der Waals surface area contributed by atoms with Crippen LogP contribution in [-0.2, 0) is 12.8 Å². The van der Waals surface area contributed by atoms with Gasteiger partial charge >= 0.3 is 0 Å². The largest absolute Gasteiger partial charge is 0.314 e. The van der Waals surface area contributed by atoms with Gasteiger partial charge in [0.25, 0.3) is 0 Å². The molecule has 0 radical (unpaired) electrons. The highest BCUT2D eigenvalue weighted by Gasteiger charge is 2.09. The maximum absolute atomic E-state index is 4.52. The van der Waals surface area contributed by atoms with Crippen LogP contribution in [0, 0.1) is 6.92 Å². The van der Waals surface area contributed by atoms with Gasteiger partial charge in [0.2, 0.25) is 0 Å². The highest BCUT2D eigenvalue weighted by Crippen LogP contribution is 2.09. The van der Waals surface area contributed by atoms with Gasteiger partial charge in [-0.25, -0.2) is 0 Å². The number of likely N-dealkylation sites (N-methyl/N-ethyl adjacent to an activating group) is 1. The third-order valence-corrected chi connectivity index (χ3v) is 3.55. The van der Waals surface area contributed by atoms with Gasteiger partial charge in [-0.3, -0.25) is 4.98 Å². The molecule has 1 heterocycles. The summed E-state index contributed by atoms with van der Waals surface area (Å²) >= 11 is 0. The molecule has 0 saturated carbocycles. The first-order valence-electron chi connectivity index (χ1n) is 7.46. The number of pyridine rings is 1. The van der Waals surface area contributed by atoms with Crippen molar-refractivity contribution in [1.29, 1.82) is 0 Å². The smallest absolute Gasteiger partial charge is 0.0419 e. The second kappa shape index (κ2) is 7.81. The fourth-order valence-electron chi connectivity index (χ4n) is 2.42. The van der Waals surface area contributed by atoms with Crippen LogP contribution in [0.4, 0.5) is 0 Å². The Morgan fingerprint density at radius 1 is 1.10 bits per heavy atom. The van der Waals surface area contributed by atoms with E-state index in [1.54, 1.807) is 0 Å². The van der Waals surface area contributed by atoms with E-state index in [2.05, 4.69) is 66.6 Å². The molecule has 2 rings (SSSR count). The van der Waals surface area contributed by atoms with Crippen LogP contribution in [0.3, 0.4) is 0 Å². The number of nitrogens with one attached hydrogen (secondary N) is 1. The quantitative estimate of drug-likeness (QED) is 0.830. The Morgan fingerprint density at radius 3 is 2.55 bits per heavy atom. The Hall–Kier alpha value is -1.67. The van der Waals surface area contributed by atoms with Crippen molar-refractivity contribution in [3.63, 3.8) is 0 Å². The molecule has 1 atom stereocenters. The van der Waals surface area contributed by atoms with E-state index in [4.69, 9.17) is 0 Å². The molecular formula is C18H24N2. The first-order chi connectivity index (χ1) is 9.78. The Balaban J connectivity index is 1.91. The van der Waals surface area contributed by atoms with Crippen LogP contribution in [0.15, 0.2) is 48.7 Å². The van der Waals surface area contributed by atoms with Crippen molar-refractivity contribution in [2.45, 2.75) is 39.2 Å². The lowest BCUT2D eigenvalue weighted by Gasteiger charge is -2.17. The maximum atomic E-state index is 4.52. The Bertz CT molecular complexity index is 491. The van der Waals surface area contributed by atoms with Crippen molar-refractivity contribution < 1.29 is 0 Å². The molecule has 2 aromatic rings. The molecule has 106 valence electrons. The van der Waals surface area contributed by atoms with Crippen molar-refractivity contribution >= 4 is 0 Å². The summed E-state index contributed by atoms with van der Waals surface area (Å²) in [6.07, 6.45) is 5.22. The number of rotatable bonds is 7. The Kier molecular flexibility index (Phi) is 5.75. The molecule has 0 fully saturated rings. The number of hydrogen-bond donors (Lipinski definition) is 1. The SMILES string of the molecule is CCNC(CCc1ccccc1)Cc1ccc(C)cn1. The standard InChI is InChI=1S/C18H24N2/c1-3-19-17(12-10-16-7-5-4-6-8-16)13-18-11-9-15(2)14-20-18/h4-9,11,14,17,19H,3,10,12-13H2,1-2H3. The van der Waals surface area contributed by atoms with Crippen molar-refractivity contribution in [3.8, 4) is 0 Å². The second-order valence-corrected chi connectivity index (χ2v) is 5.31. The molecule has 0 bridgehead atoms. The molecule has 1 N–H and O–H groups in total. The molecule has 0 aliphatic carbocycles. The van der Waals surface area contributed by atoms with Crippen LogP contribution < -0.4 is 5.32 Å². The molecular weight excluding hydrogens is 244 g/mol. The number of nitrogens with zero attached hydrogens (tertiary/aromatic N) is 1. The van der Waals surface area contributed by atoms with Crippen LogP contribution in [0.25, 0.3) is 0 Å². The molecule has 0 aliphatic heterocycles. The van der Waals surface area contributed by atoms with Gasteiger partial charge in [-0.05, 0) is 43.5 Å². The lowest BCUT2D eigenvalue weighted by atomic mass is 10.0. The van der Waals surface area contributed by atoms with Gasteiger partial charge in [-0.15, -0.1) is 0 Å². The average molecular weight is 268 g/mol. The fourth-order valence-corrected chi connectivity index (χ4v) is 2.42. The minimum absolute atomic E-state index is 0.496. The average Bonchev–Trinajstić information content (AvgIpc) is 2.48. The van der Waals surface area contributed by atoms with Crippen molar-refractivity contribution in [2.75, 3.05) is 6.54 Å². The summed E-state index contributed by atoms with van der Waals surface area (Å²) in [5, 5.41) is 3.58. The van der Waals surface area contributed by atoms with E-state index in [9.17, 15) is 0 Å².